The quantitative estimate of drug-likeness (QED) is 0.457. The molecule has 2 aromatic carbocycles. The summed E-state index contributed by atoms with van der Waals surface area (Å²) in [5.74, 6) is -0.0837. The van der Waals surface area contributed by atoms with Gasteiger partial charge in [-0.15, -0.1) is 0 Å². The number of carbonyl (C=O) groups excluding carboxylic acids is 1. The SMILES string of the molecule is COC1C(CCNC(=O)c2ccccn2)CC(O)C1(C)c1c(C)cc(-c2cccc(Cl)c2)cc1C. The molecule has 1 heterocycles. The van der Waals surface area contributed by atoms with Crippen LogP contribution < -0.4 is 5.32 Å². The molecule has 4 unspecified atom stereocenters. The van der Waals surface area contributed by atoms with Crippen molar-refractivity contribution in [1.82, 2.24) is 10.3 Å². The number of methoxy groups -OCH3 is 1. The fourth-order valence-corrected chi connectivity index (χ4v) is 6.15. The predicted molar refractivity (Wildman–Crippen MR) is 140 cm³/mol. The minimum absolute atomic E-state index is 0.107. The topological polar surface area (TPSA) is 71.5 Å². The van der Waals surface area contributed by atoms with Crippen molar-refractivity contribution in [1.29, 1.82) is 0 Å². The van der Waals surface area contributed by atoms with Crippen LogP contribution in [-0.4, -0.2) is 41.9 Å². The molecule has 6 heteroatoms. The fraction of sp³-hybridized carbons (Fsp3) is 0.379. The highest BCUT2D eigenvalue weighted by atomic mass is 35.5. The molecule has 0 radical (unpaired) electrons. The Bertz CT molecular complexity index is 1180. The lowest BCUT2D eigenvalue weighted by atomic mass is 9.72. The first-order valence-corrected chi connectivity index (χ1v) is 12.4. The van der Waals surface area contributed by atoms with Crippen molar-refractivity contribution in [3.8, 4) is 11.1 Å². The van der Waals surface area contributed by atoms with Crippen LogP contribution in [0.15, 0.2) is 60.8 Å². The Morgan fingerprint density at radius 2 is 1.89 bits per heavy atom. The molecule has 0 bridgehead atoms. The number of benzene rings is 2. The molecule has 0 saturated heterocycles. The van der Waals surface area contributed by atoms with Crippen LogP contribution in [-0.2, 0) is 10.2 Å². The van der Waals surface area contributed by atoms with Crippen LogP contribution in [0.4, 0.5) is 0 Å². The molecule has 0 spiro atoms. The zero-order valence-corrected chi connectivity index (χ0v) is 21.5. The van der Waals surface area contributed by atoms with Gasteiger partial charge >= 0.3 is 0 Å². The zero-order chi connectivity index (χ0) is 25.2. The van der Waals surface area contributed by atoms with Gasteiger partial charge in [0.2, 0.25) is 0 Å². The van der Waals surface area contributed by atoms with Crippen LogP contribution in [0.3, 0.4) is 0 Å². The molecular formula is C29H33ClN2O3. The first-order valence-electron chi connectivity index (χ1n) is 12.0. The summed E-state index contributed by atoms with van der Waals surface area (Å²) in [4.78, 5) is 16.5. The first kappa shape index (κ1) is 25.4. The lowest BCUT2D eigenvalue weighted by molar-refractivity contribution is -0.00119. The molecule has 184 valence electrons. The van der Waals surface area contributed by atoms with E-state index in [9.17, 15) is 9.90 Å². The Labute approximate surface area is 212 Å². The number of aromatic nitrogens is 1. The summed E-state index contributed by atoms with van der Waals surface area (Å²) in [7, 11) is 1.71. The maximum absolute atomic E-state index is 12.4. The molecule has 1 saturated carbocycles. The number of nitrogens with one attached hydrogen (secondary N) is 1. The normalized spacial score (nSPS) is 23.9. The van der Waals surface area contributed by atoms with Crippen LogP contribution >= 0.6 is 11.6 Å². The summed E-state index contributed by atoms with van der Waals surface area (Å²) in [6.07, 6.45) is 2.19. The van der Waals surface area contributed by atoms with Gasteiger partial charge in [-0.1, -0.05) is 48.9 Å². The van der Waals surface area contributed by atoms with Gasteiger partial charge < -0.3 is 15.2 Å². The number of carbonyl (C=O) groups is 1. The zero-order valence-electron chi connectivity index (χ0n) is 20.7. The Morgan fingerprint density at radius 1 is 1.14 bits per heavy atom. The van der Waals surface area contributed by atoms with Crippen molar-refractivity contribution < 1.29 is 14.6 Å². The molecule has 2 N–H and O–H groups in total. The second-order valence-corrected chi connectivity index (χ2v) is 10.1. The van der Waals surface area contributed by atoms with Gasteiger partial charge in [0.25, 0.3) is 5.91 Å². The Kier molecular flexibility index (Phi) is 7.60. The molecule has 4 rings (SSSR count). The van der Waals surface area contributed by atoms with Crippen LogP contribution in [0, 0.1) is 19.8 Å². The molecule has 1 amide bonds. The van der Waals surface area contributed by atoms with E-state index in [1.54, 1.807) is 31.5 Å². The standard InChI is InChI=1S/C29H33ClN2O3/c1-18-14-22(20-8-7-9-23(30)16-20)15-19(2)26(18)29(3)25(33)17-21(27(29)35-4)11-13-32-28(34)24-10-5-6-12-31-24/h5-10,12,14-16,21,25,27,33H,11,13,17H2,1-4H3,(H,32,34). The van der Waals surface area contributed by atoms with Crippen molar-refractivity contribution in [2.75, 3.05) is 13.7 Å². The second-order valence-electron chi connectivity index (χ2n) is 9.71. The smallest absolute Gasteiger partial charge is 0.269 e. The highest BCUT2D eigenvalue weighted by Crippen LogP contribution is 2.49. The molecule has 1 aromatic heterocycles. The summed E-state index contributed by atoms with van der Waals surface area (Å²) in [6.45, 7) is 6.80. The third kappa shape index (κ3) is 4.99. The van der Waals surface area contributed by atoms with E-state index in [2.05, 4.69) is 49.3 Å². The number of hydrogen-bond acceptors (Lipinski definition) is 4. The Balaban J connectivity index is 1.55. The van der Waals surface area contributed by atoms with E-state index in [1.807, 2.05) is 18.2 Å². The van der Waals surface area contributed by atoms with Gasteiger partial charge in [0.1, 0.15) is 5.69 Å². The Hall–Kier alpha value is -2.73. The van der Waals surface area contributed by atoms with Crippen molar-refractivity contribution >= 4 is 17.5 Å². The van der Waals surface area contributed by atoms with Crippen molar-refractivity contribution in [2.45, 2.75) is 51.2 Å². The van der Waals surface area contributed by atoms with Crippen molar-refractivity contribution in [3.63, 3.8) is 0 Å². The maximum atomic E-state index is 12.4. The first-order chi connectivity index (χ1) is 16.8. The molecular weight excluding hydrogens is 460 g/mol. The van der Waals surface area contributed by atoms with E-state index in [-0.39, 0.29) is 17.9 Å². The van der Waals surface area contributed by atoms with E-state index >= 15 is 0 Å². The number of amides is 1. The number of hydrogen-bond donors (Lipinski definition) is 2. The molecule has 35 heavy (non-hydrogen) atoms. The molecule has 4 atom stereocenters. The molecule has 5 nitrogen and oxygen atoms in total. The number of aryl methyl sites for hydroxylation is 2. The van der Waals surface area contributed by atoms with Gasteiger partial charge in [0.05, 0.1) is 12.2 Å². The molecule has 1 aliphatic carbocycles. The molecule has 1 fully saturated rings. The molecule has 3 aromatic rings. The number of rotatable bonds is 7. The highest BCUT2D eigenvalue weighted by Gasteiger charge is 2.53. The van der Waals surface area contributed by atoms with Gasteiger partial charge in [0, 0.05) is 30.3 Å². The summed E-state index contributed by atoms with van der Waals surface area (Å²) < 4.78 is 6.04. The third-order valence-electron chi connectivity index (χ3n) is 7.42. The largest absolute Gasteiger partial charge is 0.392 e. The molecule has 1 aliphatic rings. The van der Waals surface area contributed by atoms with Gasteiger partial charge in [-0.2, -0.15) is 0 Å². The van der Waals surface area contributed by atoms with Gasteiger partial charge in [0.15, 0.2) is 0 Å². The van der Waals surface area contributed by atoms with Crippen LogP contribution in [0.25, 0.3) is 11.1 Å². The van der Waals surface area contributed by atoms with Crippen LogP contribution in [0.2, 0.25) is 5.02 Å². The van der Waals surface area contributed by atoms with E-state index in [1.165, 1.54) is 0 Å². The van der Waals surface area contributed by atoms with E-state index in [0.717, 1.165) is 27.8 Å². The average Bonchev–Trinajstić information content (AvgIpc) is 3.08. The number of halogens is 1. The number of ether oxygens (including phenoxy) is 1. The third-order valence-corrected chi connectivity index (χ3v) is 7.65. The fourth-order valence-electron chi connectivity index (χ4n) is 5.96. The van der Waals surface area contributed by atoms with Crippen LogP contribution in [0.5, 0.6) is 0 Å². The lowest BCUT2D eigenvalue weighted by Crippen LogP contribution is -2.44. The number of aliphatic hydroxyl groups is 1. The van der Waals surface area contributed by atoms with E-state index in [4.69, 9.17) is 16.3 Å². The lowest BCUT2D eigenvalue weighted by Gasteiger charge is -2.38. The Morgan fingerprint density at radius 3 is 2.51 bits per heavy atom. The van der Waals surface area contributed by atoms with Crippen molar-refractivity contribution in [3.05, 3.63) is 88.2 Å². The van der Waals surface area contributed by atoms with Gasteiger partial charge in [-0.05, 0) is 84.7 Å². The number of nitrogens with zero attached hydrogens (tertiary/aromatic N) is 1. The monoisotopic (exact) mass is 492 g/mol. The molecule has 0 aliphatic heterocycles. The number of aliphatic hydroxyl groups excluding tert-OH is 1. The summed E-state index contributed by atoms with van der Waals surface area (Å²) in [5.41, 5.74) is 5.37. The summed E-state index contributed by atoms with van der Waals surface area (Å²) >= 11 is 6.22. The second kappa shape index (κ2) is 10.5. The summed E-state index contributed by atoms with van der Waals surface area (Å²) in [5, 5.41) is 15.0. The number of pyridine rings is 1. The van der Waals surface area contributed by atoms with Gasteiger partial charge in [-0.25, -0.2) is 0 Å². The summed E-state index contributed by atoms with van der Waals surface area (Å²) in [6, 6.07) is 17.5. The minimum Gasteiger partial charge on any atom is -0.392 e. The van der Waals surface area contributed by atoms with E-state index < -0.39 is 11.5 Å². The van der Waals surface area contributed by atoms with Crippen LogP contribution in [0.1, 0.15) is 46.9 Å². The minimum atomic E-state index is -0.564. The highest BCUT2D eigenvalue weighted by molar-refractivity contribution is 6.30. The maximum Gasteiger partial charge on any atom is 0.269 e. The van der Waals surface area contributed by atoms with Crippen molar-refractivity contribution in [2.24, 2.45) is 5.92 Å². The van der Waals surface area contributed by atoms with Gasteiger partial charge in [-0.3, -0.25) is 9.78 Å². The average molecular weight is 493 g/mol. The van der Waals surface area contributed by atoms with E-state index in [0.29, 0.717) is 30.1 Å². The predicted octanol–water partition coefficient (Wildman–Crippen LogP) is 5.49.